The summed E-state index contributed by atoms with van der Waals surface area (Å²) < 4.78 is 16.7. The Morgan fingerprint density at radius 3 is 3.00 bits per heavy atom. The lowest BCUT2D eigenvalue weighted by molar-refractivity contribution is -0.386. The summed E-state index contributed by atoms with van der Waals surface area (Å²) in [6.45, 7) is 2.41. The van der Waals surface area contributed by atoms with Crippen LogP contribution in [0.5, 0.6) is 5.88 Å². The van der Waals surface area contributed by atoms with Crippen LogP contribution in [0.3, 0.4) is 0 Å². The van der Waals surface area contributed by atoms with E-state index < -0.39 is 4.92 Å². The van der Waals surface area contributed by atoms with Crippen LogP contribution in [0.1, 0.15) is 6.92 Å². The predicted molar refractivity (Wildman–Crippen MR) is 55.7 cm³/mol. The molecule has 0 bridgehead atoms. The smallest absolute Gasteiger partial charge is 0.350 e. The third-order valence-corrected chi connectivity index (χ3v) is 2.48. The van der Waals surface area contributed by atoms with Crippen LogP contribution < -0.4 is 4.74 Å². The van der Waals surface area contributed by atoms with Crippen molar-refractivity contribution in [2.24, 2.45) is 0 Å². The van der Waals surface area contributed by atoms with Crippen molar-refractivity contribution in [3.8, 4) is 5.88 Å². The van der Waals surface area contributed by atoms with Crippen molar-refractivity contribution < 1.29 is 19.1 Å². The summed E-state index contributed by atoms with van der Waals surface area (Å²) >= 11 is 0. The first kappa shape index (κ1) is 11.8. The second-order valence-electron chi connectivity index (χ2n) is 3.73. The number of nitro groups is 1. The summed E-state index contributed by atoms with van der Waals surface area (Å²) in [5, 5.41) is 14.8. The van der Waals surface area contributed by atoms with Gasteiger partial charge in [0.15, 0.2) is 0 Å². The highest BCUT2D eigenvalue weighted by Gasteiger charge is 2.33. The van der Waals surface area contributed by atoms with E-state index in [-0.39, 0.29) is 30.5 Å². The summed E-state index contributed by atoms with van der Waals surface area (Å²) in [5.74, 6) is 0.00667. The van der Waals surface area contributed by atoms with Crippen molar-refractivity contribution in [3.63, 3.8) is 0 Å². The van der Waals surface area contributed by atoms with E-state index in [1.165, 1.54) is 18.0 Å². The molecule has 1 aliphatic heterocycles. The first-order valence-corrected chi connectivity index (χ1v) is 5.11. The molecule has 2 atom stereocenters. The van der Waals surface area contributed by atoms with Crippen molar-refractivity contribution in [3.05, 3.63) is 16.3 Å². The molecule has 1 aromatic heterocycles. The van der Waals surface area contributed by atoms with E-state index in [9.17, 15) is 10.1 Å². The molecule has 1 aliphatic rings. The van der Waals surface area contributed by atoms with E-state index in [2.05, 4.69) is 5.10 Å². The highest BCUT2D eigenvalue weighted by molar-refractivity contribution is 5.38. The molecule has 0 amide bonds. The van der Waals surface area contributed by atoms with Crippen LogP contribution in [0.25, 0.3) is 0 Å². The van der Waals surface area contributed by atoms with Gasteiger partial charge in [0, 0.05) is 7.11 Å². The fourth-order valence-corrected chi connectivity index (χ4v) is 1.44. The molecular formula is C9H13N3O5. The normalized spacial score (nSPS) is 23.2. The summed E-state index contributed by atoms with van der Waals surface area (Å²) in [4.78, 5) is 10.3. The average Bonchev–Trinajstić information content (AvgIpc) is 2.68. The molecule has 17 heavy (non-hydrogen) atoms. The standard InChI is InChI=1S/C9H13N3O5/c1-6-8(4-16-6)17-9-7(12(13)14)3-11(10-9)5-15-2/h3,6,8H,4-5H2,1-2H3/t6-,8-/m1/s1. The zero-order chi connectivity index (χ0) is 12.4. The third-order valence-electron chi connectivity index (χ3n) is 2.48. The molecule has 2 heterocycles. The molecule has 1 aromatic rings. The van der Waals surface area contributed by atoms with E-state index >= 15 is 0 Å². The molecule has 94 valence electrons. The van der Waals surface area contributed by atoms with Crippen LogP contribution >= 0.6 is 0 Å². The Bertz CT molecular complexity index is 419. The maximum absolute atomic E-state index is 10.8. The highest BCUT2D eigenvalue weighted by atomic mass is 16.6. The molecule has 0 spiro atoms. The summed E-state index contributed by atoms with van der Waals surface area (Å²) in [6.07, 6.45) is 1.03. The molecule has 8 heteroatoms. The quantitative estimate of drug-likeness (QED) is 0.554. The highest BCUT2D eigenvalue weighted by Crippen LogP contribution is 2.28. The van der Waals surface area contributed by atoms with Gasteiger partial charge in [-0.2, -0.15) is 0 Å². The van der Waals surface area contributed by atoms with Crippen LogP contribution in [0, 0.1) is 10.1 Å². The van der Waals surface area contributed by atoms with Gasteiger partial charge in [-0.1, -0.05) is 0 Å². The molecular weight excluding hydrogens is 230 g/mol. The van der Waals surface area contributed by atoms with Crippen molar-refractivity contribution in [1.29, 1.82) is 0 Å². The number of hydrogen-bond donors (Lipinski definition) is 0. The van der Waals surface area contributed by atoms with Gasteiger partial charge in [-0.05, 0) is 6.92 Å². The largest absolute Gasteiger partial charge is 0.463 e. The van der Waals surface area contributed by atoms with Gasteiger partial charge in [0.25, 0.3) is 0 Å². The Hall–Kier alpha value is -1.67. The minimum Gasteiger partial charge on any atom is -0.463 e. The topological polar surface area (TPSA) is 88.7 Å². The van der Waals surface area contributed by atoms with Gasteiger partial charge in [-0.3, -0.25) is 10.1 Å². The number of hydrogen-bond acceptors (Lipinski definition) is 6. The molecule has 2 rings (SSSR count). The second-order valence-corrected chi connectivity index (χ2v) is 3.73. The van der Waals surface area contributed by atoms with E-state index in [1.54, 1.807) is 0 Å². The third kappa shape index (κ3) is 2.37. The van der Waals surface area contributed by atoms with E-state index in [1.807, 2.05) is 6.92 Å². The summed E-state index contributed by atoms with van der Waals surface area (Å²) in [6, 6.07) is 0. The van der Waals surface area contributed by atoms with Crippen molar-refractivity contribution in [2.75, 3.05) is 13.7 Å². The predicted octanol–water partition coefficient (Wildman–Crippen LogP) is 0.561. The Balaban J connectivity index is 2.15. The number of nitrogens with zero attached hydrogens (tertiary/aromatic N) is 3. The number of rotatable bonds is 5. The minimum atomic E-state index is -0.529. The lowest BCUT2D eigenvalue weighted by atomic mass is 10.2. The Labute approximate surface area is 97.2 Å². The SMILES string of the molecule is COCn1cc([N+](=O)[O-])c(O[C@@H]2CO[C@@H]2C)n1. The van der Waals surface area contributed by atoms with Crippen LogP contribution in [0.2, 0.25) is 0 Å². The van der Waals surface area contributed by atoms with E-state index in [0.29, 0.717) is 6.61 Å². The van der Waals surface area contributed by atoms with Gasteiger partial charge in [0.1, 0.15) is 19.0 Å². The molecule has 0 N–H and O–H groups in total. The van der Waals surface area contributed by atoms with Crippen LogP contribution in [-0.4, -0.2) is 40.6 Å². The summed E-state index contributed by atoms with van der Waals surface area (Å²) in [5.41, 5.74) is -0.166. The molecule has 0 saturated carbocycles. The zero-order valence-corrected chi connectivity index (χ0v) is 9.53. The first-order chi connectivity index (χ1) is 8.11. The minimum absolute atomic E-state index is 0.00667. The molecule has 0 radical (unpaired) electrons. The molecule has 1 saturated heterocycles. The van der Waals surface area contributed by atoms with Crippen molar-refractivity contribution >= 4 is 5.69 Å². The van der Waals surface area contributed by atoms with Gasteiger partial charge in [-0.15, -0.1) is 5.10 Å². The van der Waals surface area contributed by atoms with Crippen LogP contribution in [0.15, 0.2) is 6.20 Å². The molecule has 0 aliphatic carbocycles. The molecule has 8 nitrogen and oxygen atoms in total. The van der Waals surface area contributed by atoms with Gasteiger partial charge in [0.05, 0.1) is 17.6 Å². The monoisotopic (exact) mass is 243 g/mol. The Morgan fingerprint density at radius 2 is 2.53 bits per heavy atom. The first-order valence-electron chi connectivity index (χ1n) is 5.11. The van der Waals surface area contributed by atoms with Crippen LogP contribution in [-0.2, 0) is 16.2 Å². The maximum atomic E-state index is 10.8. The van der Waals surface area contributed by atoms with Gasteiger partial charge in [-0.25, -0.2) is 4.68 Å². The molecule has 0 aromatic carbocycles. The lowest BCUT2D eigenvalue weighted by Gasteiger charge is -2.32. The Morgan fingerprint density at radius 1 is 1.76 bits per heavy atom. The number of ether oxygens (including phenoxy) is 3. The number of methoxy groups -OCH3 is 1. The molecule has 1 fully saturated rings. The summed E-state index contributed by atoms with van der Waals surface area (Å²) in [7, 11) is 1.48. The van der Waals surface area contributed by atoms with E-state index in [0.717, 1.165) is 0 Å². The van der Waals surface area contributed by atoms with Crippen molar-refractivity contribution in [2.45, 2.75) is 25.9 Å². The second kappa shape index (κ2) is 4.68. The van der Waals surface area contributed by atoms with Crippen LogP contribution in [0.4, 0.5) is 5.69 Å². The lowest BCUT2D eigenvalue weighted by Crippen LogP contribution is -2.46. The van der Waals surface area contributed by atoms with Crippen molar-refractivity contribution in [1.82, 2.24) is 9.78 Å². The van der Waals surface area contributed by atoms with Gasteiger partial charge >= 0.3 is 11.6 Å². The fourth-order valence-electron chi connectivity index (χ4n) is 1.44. The van der Waals surface area contributed by atoms with Gasteiger partial charge < -0.3 is 14.2 Å². The fraction of sp³-hybridized carbons (Fsp3) is 0.667. The van der Waals surface area contributed by atoms with Gasteiger partial charge in [0.2, 0.25) is 0 Å². The average molecular weight is 243 g/mol. The molecule has 0 unspecified atom stereocenters. The zero-order valence-electron chi connectivity index (χ0n) is 9.53. The maximum Gasteiger partial charge on any atom is 0.350 e. The number of aromatic nitrogens is 2. The Kier molecular flexibility index (Phi) is 3.25. The van der Waals surface area contributed by atoms with E-state index in [4.69, 9.17) is 14.2 Å².